The summed E-state index contributed by atoms with van der Waals surface area (Å²) in [6.45, 7) is 6.37. The topological polar surface area (TPSA) is 78.9 Å². The Morgan fingerprint density at radius 1 is 0.304 bits per heavy atom. The quantitative estimate of drug-likeness (QED) is 0.0262. The maximum absolute atomic E-state index is 12.8. The van der Waals surface area contributed by atoms with Crippen LogP contribution in [0.25, 0.3) is 0 Å². The molecule has 0 aromatic carbocycles. The Balaban J connectivity index is 4.30. The Morgan fingerprint density at radius 3 is 0.913 bits per heavy atom. The van der Waals surface area contributed by atoms with Gasteiger partial charge in [-0.2, -0.15) is 0 Å². The third-order valence-electron chi connectivity index (χ3n) is 12.1. The lowest BCUT2D eigenvalue weighted by Crippen LogP contribution is -2.30. The summed E-state index contributed by atoms with van der Waals surface area (Å²) in [6.07, 6.45) is 75.5. The molecule has 6 heteroatoms. The van der Waals surface area contributed by atoms with Gasteiger partial charge in [0.1, 0.15) is 13.2 Å². The van der Waals surface area contributed by atoms with Gasteiger partial charge in [-0.3, -0.25) is 14.4 Å². The Hall–Kier alpha value is -3.67. The van der Waals surface area contributed by atoms with Crippen LogP contribution >= 0.6 is 0 Å². The molecule has 0 aliphatic rings. The highest BCUT2D eigenvalue weighted by atomic mass is 16.6. The second-order valence-electron chi connectivity index (χ2n) is 18.8. The molecule has 0 bridgehead atoms. The van der Waals surface area contributed by atoms with E-state index in [1.54, 1.807) is 0 Å². The van der Waals surface area contributed by atoms with Crippen LogP contribution in [0, 0.1) is 0 Å². The van der Waals surface area contributed by atoms with E-state index in [-0.39, 0.29) is 31.1 Å². The molecule has 1 unspecified atom stereocenters. The van der Waals surface area contributed by atoms with Crippen LogP contribution < -0.4 is 0 Å². The maximum Gasteiger partial charge on any atom is 0.306 e. The van der Waals surface area contributed by atoms with E-state index in [0.717, 1.165) is 116 Å². The first-order chi connectivity index (χ1) is 34.0. The van der Waals surface area contributed by atoms with Crippen LogP contribution in [0.5, 0.6) is 0 Å². The van der Waals surface area contributed by atoms with Crippen LogP contribution in [-0.2, 0) is 28.6 Å². The molecular weight excluding hydrogens is 853 g/mol. The minimum Gasteiger partial charge on any atom is -0.462 e. The molecule has 394 valence electrons. The number of esters is 3. The molecule has 0 spiro atoms. The van der Waals surface area contributed by atoms with E-state index in [4.69, 9.17) is 14.2 Å². The molecule has 0 aliphatic carbocycles. The summed E-state index contributed by atoms with van der Waals surface area (Å²) in [6, 6.07) is 0. The molecule has 0 heterocycles. The number of unbranched alkanes of at least 4 members (excludes halogenated alkanes) is 24. The third kappa shape index (κ3) is 55.1. The second-order valence-corrected chi connectivity index (χ2v) is 18.8. The van der Waals surface area contributed by atoms with Crippen LogP contribution in [0.3, 0.4) is 0 Å². The average Bonchev–Trinajstić information content (AvgIpc) is 3.35. The molecule has 1 atom stereocenters. The van der Waals surface area contributed by atoms with Gasteiger partial charge in [0.2, 0.25) is 0 Å². The Bertz CT molecular complexity index is 1380. The molecule has 0 rings (SSSR count). The zero-order chi connectivity index (χ0) is 50.0. The van der Waals surface area contributed by atoms with E-state index < -0.39 is 6.10 Å². The number of ether oxygens (including phenoxy) is 3. The van der Waals surface area contributed by atoms with Crippen LogP contribution in [0.15, 0.2) is 97.2 Å². The molecule has 0 radical (unpaired) electrons. The van der Waals surface area contributed by atoms with Gasteiger partial charge in [0.05, 0.1) is 0 Å². The Kier molecular flexibility index (Phi) is 53.9. The molecule has 0 aliphatic heterocycles. The molecule has 6 nitrogen and oxygen atoms in total. The number of hydrogen-bond acceptors (Lipinski definition) is 6. The number of carbonyl (C=O) groups excluding carboxylic acids is 3. The summed E-state index contributed by atoms with van der Waals surface area (Å²) in [5.41, 5.74) is 0. The van der Waals surface area contributed by atoms with E-state index in [0.29, 0.717) is 19.3 Å². The van der Waals surface area contributed by atoms with Gasteiger partial charge in [-0.05, 0) is 116 Å². The van der Waals surface area contributed by atoms with Crippen molar-refractivity contribution < 1.29 is 28.6 Å². The largest absolute Gasteiger partial charge is 0.462 e. The van der Waals surface area contributed by atoms with Crippen molar-refractivity contribution >= 4 is 17.9 Å². The normalized spacial score (nSPS) is 12.8. The summed E-state index contributed by atoms with van der Waals surface area (Å²) >= 11 is 0. The molecule has 69 heavy (non-hydrogen) atoms. The molecule has 0 saturated heterocycles. The number of allylic oxidation sites excluding steroid dienone is 16. The second kappa shape index (κ2) is 56.9. The average molecular weight is 960 g/mol. The highest BCUT2D eigenvalue weighted by Crippen LogP contribution is 2.15. The van der Waals surface area contributed by atoms with Gasteiger partial charge in [-0.15, -0.1) is 0 Å². The van der Waals surface area contributed by atoms with Crippen molar-refractivity contribution in [3.05, 3.63) is 97.2 Å². The number of carbonyl (C=O) groups is 3. The van der Waals surface area contributed by atoms with Gasteiger partial charge in [0, 0.05) is 19.3 Å². The first kappa shape index (κ1) is 65.3. The fourth-order valence-electron chi connectivity index (χ4n) is 7.80. The number of rotatable bonds is 51. The lowest BCUT2D eigenvalue weighted by atomic mass is 10.0. The van der Waals surface area contributed by atoms with Gasteiger partial charge < -0.3 is 14.2 Å². The third-order valence-corrected chi connectivity index (χ3v) is 12.1. The van der Waals surface area contributed by atoms with Crippen molar-refractivity contribution in [1.29, 1.82) is 0 Å². The van der Waals surface area contributed by atoms with Crippen molar-refractivity contribution in [2.75, 3.05) is 13.2 Å². The first-order valence-corrected chi connectivity index (χ1v) is 28.7. The van der Waals surface area contributed by atoms with Gasteiger partial charge in [0.25, 0.3) is 0 Å². The Morgan fingerprint density at radius 2 is 0.565 bits per heavy atom. The molecule has 0 amide bonds. The zero-order valence-corrected chi connectivity index (χ0v) is 45.0. The Labute approximate surface area is 426 Å². The maximum atomic E-state index is 12.8. The minimum atomic E-state index is -0.797. The summed E-state index contributed by atoms with van der Waals surface area (Å²) in [5.74, 6) is -0.931. The standard InChI is InChI=1S/C63H106O6/c1-4-7-10-13-16-19-22-25-26-27-28-29-30-31-32-33-34-35-36-39-41-44-47-50-53-56-62(65)68-59-60(69-63(66)57-54-51-48-45-42-38-24-21-18-15-12-9-6-3)58-67-61(64)55-52-49-46-43-40-37-23-20-17-14-11-8-5-2/h7,9-10,12,16,18-21,23,25-26,28-29,38,42,60H,4-6,8,11,13-15,17,22,24,27,30-37,39-41,43-59H2,1-3H3/b10-7-,12-9-,19-16-,21-18-,23-20-,26-25-,29-28-,42-38-. The van der Waals surface area contributed by atoms with Gasteiger partial charge in [-0.1, -0.05) is 227 Å². The number of hydrogen-bond donors (Lipinski definition) is 0. The van der Waals surface area contributed by atoms with E-state index in [2.05, 4.69) is 118 Å². The van der Waals surface area contributed by atoms with Crippen LogP contribution in [-0.4, -0.2) is 37.2 Å². The lowest BCUT2D eigenvalue weighted by molar-refractivity contribution is -0.167. The SMILES string of the molecule is CC/C=C\C/C=C\C/C=C\C/C=C\CCCCCCCCCCCCCCC(=O)OCC(COC(=O)CCCCCCC/C=C\CCCCCC)OC(=O)CCCCC/C=C\C/C=C\C/C=C\CC. The predicted octanol–water partition coefficient (Wildman–Crippen LogP) is 19.3. The lowest BCUT2D eigenvalue weighted by Gasteiger charge is -2.18. The molecule has 0 N–H and O–H groups in total. The monoisotopic (exact) mass is 959 g/mol. The summed E-state index contributed by atoms with van der Waals surface area (Å²) < 4.78 is 16.8. The fourth-order valence-corrected chi connectivity index (χ4v) is 7.80. The first-order valence-electron chi connectivity index (χ1n) is 28.7. The summed E-state index contributed by atoms with van der Waals surface area (Å²) in [7, 11) is 0. The van der Waals surface area contributed by atoms with Crippen molar-refractivity contribution in [2.45, 2.75) is 271 Å². The zero-order valence-electron chi connectivity index (χ0n) is 45.0. The highest BCUT2D eigenvalue weighted by molar-refractivity contribution is 5.71. The van der Waals surface area contributed by atoms with Crippen LogP contribution in [0.4, 0.5) is 0 Å². The predicted molar refractivity (Wildman–Crippen MR) is 297 cm³/mol. The van der Waals surface area contributed by atoms with Crippen molar-refractivity contribution in [3.63, 3.8) is 0 Å². The van der Waals surface area contributed by atoms with Crippen LogP contribution in [0.1, 0.15) is 265 Å². The van der Waals surface area contributed by atoms with Crippen LogP contribution in [0.2, 0.25) is 0 Å². The van der Waals surface area contributed by atoms with Gasteiger partial charge >= 0.3 is 17.9 Å². The molecule has 0 aromatic rings. The molecule has 0 aromatic heterocycles. The fraction of sp³-hybridized carbons (Fsp3) is 0.698. The molecule has 0 saturated carbocycles. The molecular formula is C63H106O6. The van der Waals surface area contributed by atoms with Gasteiger partial charge in [0.15, 0.2) is 6.10 Å². The van der Waals surface area contributed by atoms with Crippen molar-refractivity contribution in [2.24, 2.45) is 0 Å². The summed E-state index contributed by atoms with van der Waals surface area (Å²) in [5, 5.41) is 0. The van der Waals surface area contributed by atoms with Gasteiger partial charge in [-0.25, -0.2) is 0 Å². The summed E-state index contributed by atoms with van der Waals surface area (Å²) in [4.78, 5) is 38.1. The highest BCUT2D eigenvalue weighted by Gasteiger charge is 2.19. The van der Waals surface area contributed by atoms with E-state index >= 15 is 0 Å². The van der Waals surface area contributed by atoms with E-state index in [9.17, 15) is 14.4 Å². The van der Waals surface area contributed by atoms with E-state index in [1.807, 2.05) is 0 Å². The smallest absolute Gasteiger partial charge is 0.306 e. The minimum absolute atomic E-state index is 0.0928. The van der Waals surface area contributed by atoms with Crippen molar-refractivity contribution in [3.8, 4) is 0 Å². The molecule has 0 fully saturated rings. The van der Waals surface area contributed by atoms with E-state index in [1.165, 1.54) is 109 Å². The van der Waals surface area contributed by atoms with Crippen molar-refractivity contribution in [1.82, 2.24) is 0 Å².